The van der Waals surface area contributed by atoms with Gasteiger partial charge < -0.3 is 14.7 Å². The van der Waals surface area contributed by atoms with Crippen LogP contribution in [-0.4, -0.2) is 42.3 Å². The quantitative estimate of drug-likeness (QED) is 0.891. The van der Waals surface area contributed by atoms with E-state index in [-0.39, 0.29) is 18.4 Å². The predicted octanol–water partition coefficient (Wildman–Crippen LogP) is 1.36. The van der Waals surface area contributed by atoms with Gasteiger partial charge in [-0.25, -0.2) is 9.18 Å². The molecular formula is C16H15FN2O4. The Morgan fingerprint density at radius 3 is 2.83 bits per heavy atom. The number of cyclic esters (lactones) is 1. The summed E-state index contributed by atoms with van der Waals surface area (Å²) in [5, 5.41) is 9.32. The van der Waals surface area contributed by atoms with Gasteiger partial charge in [0.25, 0.3) is 0 Å². The maximum atomic E-state index is 14.5. The zero-order valence-corrected chi connectivity index (χ0v) is 12.2. The van der Waals surface area contributed by atoms with E-state index in [2.05, 4.69) is 0 Å². The molecule has 1 fully saturated rings. The van der Waals surface area contributed by atoms with Crippen molar-refractivity contribution in [1.29, 1.82) is 0 Å². The summed E-state index contributed by atoms with van der Waals surface area (Å²) < 4.78 is 19.6. The third-order valence-corrected chi connectivity index (χ3v) is 4.58. The number of aliphatic hydroxyl groups excluding tert-OH is 1. The van der Waals surface area contributed by atoms with Crippen LogP contribution in [0.15, 0.2) is 24.4 Å². The molecule has 0 aromatic heterocycles. The van der Waals surface area contributed by atoms with Crippen LogP contribution in [-0.2, 0) is 16.0 Å². The molecule has 2 atom stereocenters. The summed E-state index contributed by atoms with van der Waals surface area (Å²) in [4.78, 5) is 26.3. The Labute approximate surface area is 131 Å². The van der Waals surface area contributed by atoms with Crippen molar-refractivity contribution in [2.75, 3.05) is 23.0 Å². The van der Waals surface area contributed by atoms with Crippen LogP contribution >= 0.6 is 0 Å². The van der Waals surface area contributed by atoms with E-state index in [1.54, 1.807) is 17.2 Å². The fraction of sp³-hybridized carbons (Fsp3) is 0.375. The molecule has 1 amide bonds. The molecule has 0 aliphatic carbocycles. The number of allylic oxidation sites excluding steroid dienone is 1. The fourth-order valence-electron chi connectivity index (χ4n) is 3.42. The number of carbonyl (C=O) groups is 2. The highest BCUT2D eigenvalue weighted by Gasteiger charge is 2.47. The number of amides is 1. The number of carbonyl (C=O) groups excluding carboxylic acids is 2. The van der Waals surface area contributed by atoms with Crippen LogP contribution in [0.5, 0.6) is 0 Å². The summed E-state index contributed by atoms with van der Waals surface area (Å²) >= 11 is 0. The molecule has 1 aromatic rings. The Kier molecular flexibility index (Phi) is 3.12. The van der Waals surface area contributed by atoms with Crippen LogP contribution < -0.4 is 9.80 Å². The van der Waals surface area contributed by atoms with Crippen molar-refractivity contribution in [2.24, 2.45) is 0 Å². The molecule has 0 bridgehead atoms. The van der Waals surface area contributed by atoms with E-state index in [0.29, 0.717) is 30.8 Å². The molecular weight excluding hydrogens is 303 g/mol. The molecule has 3 aliphatic rings. The van der Waals surface area contributed by atoms with E-state index >= 15 is 0 Å². The minimum Gasteiger partial charge on any atom is -0.441 e. The first-order valence-electron chi connectivity index (χ1n) is 7.49. The van der Waals surface area contributed by atoms with Crippen molar-refractivity contribution in [3.8, 4) is 0 Å². The number of hydrogen-bond acceptors (Lipinski definition) is 5. The lowest BCUT2D eigenvalue weighted by molar-refractivity contribution is -0.114. The number of aliphatic hydroxyl groups is 1. The Balaban J connectivity index is 1.71. The second-order valence-electron chi connectivity index (χ2n) is 5.90. The summed E-state index contributed by atoms with van der Waals surface area (Å²) in [5.74, 6) is -0.430. The lowest BCUT2D eigenvalue weighted by Crippen LogP contribution is -2.34. The van der Waals surface area contributed by atoms with Crippen LogP contribution in [0.4, 0.5) is 20.6 Å². The first kappa shape index (κ1) is 14.2. The Morgan fingerprint density at radius 1 is 1.30 bits per heavy atom. The number of halogens is 1. The van der Waals surface area contributed by atoms with Gasteiger partial charge in [-0.2, -0.15) is 0 Å². The monoisotopic (exact) mass is 318 g/mol. The number of ether oxygens (including phenoxy) is 1. The number of benzene rings is 1. The van der Waals surface area contributed by atoms with E-state index < -0.39 is 18.0 Å². The van der Waals surface area contributed by atoms with E-state index in [4.69, 9.17) is 4.74 Å². The molecule has 6 nitrogen and oxygen atoms in total. The molecule has 23 heavy (non-hydrogen) atoms. The largest absolute Gasteiger partial charge is 0.441 e. The molecule has 4 rings (SSSR count). The van der Waals surface area contributed by atoms with Crippen molar-refractivity contribution in [1.82, 2.24) is 0 Å². The van der Waals surface area contributed by atoms with Gasteiger partial charge in [-0.05, 0) is 24.1 Å². The zero-order chi connectivity index (χ0) is 16.1. The molecule has 0 unspecified atom stereocenters. The van der Waals surface area contributed by atoms with Crippen LogP contribution in [0, 0.1) is 5.82 Å². The van der Waals surface area contributed by atoms with Crippen molar-refractivity contribution in [3.63, 3.8) is 0 Å². The maximum absolute atomic E-state index is 14.5. The maximum Gasteiger partial charge on any atom is 0.415 e. The lowest BCUT2D eigenvalue weighted by atomic mass is 10.0. The first-order chi connectivity index (χ1) is 11.1. The SMILES string of the molecule is O=C1C=CN(c2cc3c(cc2F)N2C(=O)O[C@@H](CO)[C@@H]2C3)CC1. The molecule has 3 aliphatic heterocycles. The summed E-state index contributed by atoms with van der Waals surface area (Å²) in [5.41, 5.74) is 1.73. The number of nitrogens with zero attached hydrogens (tertiary/aromatic N) is 2. The fourth-order valence-corrected chi connectivity index (χ4v) is 3.42. The van der Waals surface area contributed by atoms with E-state index in [1.165, 1.54) is 17.0 Å². The molecule has 0 radical (unpaired) electrons. The number of anilines is 2. The third-order valence-electron chi connectivity index (χ3n) is 4.58. The molecule has 1 saturated heterocycles. The summed E-state index contributed by atoms with van der Waals surface area (Å²) in [7, 11) is 0. The molecule has 7 heteroatoms. The third kappa shape index (κ3) is 2.11. The van der Waals surface area contributed by atoms with Gasteiger partial charge in [-0.3, -0.25) is 9.69 Å². The van der Waals surface area contributed by atoms with Gasteiger partial charge in [-0.1, -0.05) is 0 Å². The van der Waals surface area contributed by atoms with Gasteiger partial charge in [0.15, 0.2) is 5.78 Å². The summed E-state index contributed by atoms with van der Waals surface area (Å²) in [6, 6.07) is 2.75. The number of fused-ring (bicyclic) bond motifs is 3. The highest BCUT2D eigenvalue weighted by atomic mass is 19.1. The van der Waals surface area contributed by atoms with Crippen LogP contribution in [0.25, 0.3) is 0 Å². The smallest absolute Gasteiger partial charge is 0.415 e. The van der Waals surface area contributed by atoms with E-state index in [0.717, 1.165) is 5.56 Å². The molecule has 1 aromatic carbocycles. The predicted molar refractivity (Wildman–Crippen MR) is 79.8 cm³/mol. The van der Waals surface area contributed by atoms with Crippen molar-refractivity contribution in [2.45, 2.75) is 25.0 Å². The van der Waals surface area contributed by atoms with Gasteiger partial charge in [0.2, 0.25) is 0 Å². The zero-order valence-electron chi connectivity index (χ0n) is 12.2. The van der Waals surface area contributed by atoms with Gasteiger partial charge in [0.05, 0.1) is 24.0 Å². The Bertz CT molecular complexity index is 733. The lowest BCUT2D eigenvalue weighted by Gasteiger charge is -2.24. The molecule has 3 heterocycles. The van der Waals surface area contributed by atoms with Crippen molar-refractivity contribution in [3.05, 3.63) is 35.8 Å². The minimum atomic E-state index is -0.589. The molecule has 1 N–H and O–H groups in total. The second kappa shape index (κ2) is 5.06. The number of ketones is 1. The van der Waals surface area contributed by atoms with Crippen molar-refractivity contribution >= 4 is 23.3 Å². The van der Waals surface area contributed by atoms with Gasteiger partial charge in [0, 0.05) is 25.2 Å². The minimum absolute atomic E-state index is 0.0250. The van der Waals surface area contributed by atoms with Gasteiger partial charge >= 0.3 is 6.09 Å². The van der Waals surface area contributed by atoms with Crippen LogP contribution in [0.1, 0.15) is 12.0 Å². The Morgan fingerprint density at radius 2 is 2.13 bits per heavy atom. The Hall–Kier alpha value is -2.41. The standard InChI is InChI=1S/C16H15FN2O4/c17-11-7-12-9(5-13(11)18-3-1-10(21)2-4-18)6-14-15(8-20)23-16(22)19(12)14/h1,3,5,7,14-15,20H,2,4,6,8H2/t14-,15-/m0/s1. The summed E-state index contributed by atoms with van der Waals surface area (Å²) in [6.45, 7) is 0.173. The molecule has 0 saturated carbocycles. The van der Waals surface area contributed by atoms with Gasteiger partial charge in [-0.15, -0.1) is 0 Å². The summed E-state index contributed by atoms with van der Waals surface area (Å²) in [6.07, 6.45) is 2.74. The average Bonchev–Trinajstić information content (AvgIpc) is 3.05. The van der Waals surface area contributed by atoms with Gasteiger partial charge in [0.1, 0.15) is 11.9 Å². The second-order valence-corrected chi connectivity index (χ2v) is 5.90. The van der Waals surface area contributed by atoms with Crippen LogP contribution in [0.2, 0.25) is 0 Å². The van der Waals surface area contributed by atoms with E-state index in [1.807, 2.05) is 0 Å². The van der Waals surface area contributed by atoms with Crippen molar-refractivity contribution < 1.29 is 23.8 Å². The molecule has 120 valence electrons. The molecule has 0 spiro atoms. The highest BCUT2D eigenvalue weighted by molar-refractivity contribution is 5.95. The average molecular weight is 318 g/mol. The number of hydrogen-bond donors (Lipinski definition) is 1. The highest BCUT2D eigenvalue weighted by Crippen LogP contribution is 2.41. The normalized spacial score (nSPS) is 25.7. The van der Waals surface area contributed by atoms with E-state index in [9.17, 15) is 19.1 Å². The van der Waals surface area contributed by atoms with Crippen LogP contribution in [0.3, 0.4) is 0 Å². The number of rotatable bonds is 2. The first-order valence-corrected chi connectivity index (χ1v) is 7.49. The topological polar surface area (TPSA) is 70.1 Å².